The standard InChI is InChI=1S/C27H31N5O4/c1-29(2)25(35)31-15-13-30(14-16-31)22-8-7-19(17-28-22)26(9-10-26)24(34)32-12-11-27(18-32)21-6-4-3-5-20(21)23(33)36-27/h3-8,17H,9-16,18H2,1-2H3/t27-/m0/s1. The van der Waals surface area contributed by atoms with E-state index >= 15 is 0 Å². The third-order valence-corrected chi connectivity index (χ3v) is 8.16. The SMILES string of the molecule is CN(C)C(=O)N1CCN(c2ccc(C3(C(=O)N4CC[C@@]5(C4)OC(=O)c4ccccc45)CC3)cn2)CC1. The molecule has 188 valence electrons. The second-order valence-electron chi connectivity index (χ2n) is 10.5. The number of rotatable bonds is 3. The van der Waals surface area contributed by atoms with Gasteiger partial charge in [0.15, 0.2) is 5.60 Å². The Hall–Kier alpha value is -3.62. The lowest BCUT2D eigenvalue weighted by Gasteiger charge is -2.36. The van der Waals surface area contributed by atoms with Crippen LogP contribution in [-0.2, 0) is 20.5 Å². The first kappa shape index (κ1) is 22.8. The summed E-state index contributed by atoms with van der Waals surface area (Å²) in [5, 5.41) is 0. The van der Waals surface area contributed by atoms with Gasteiger partial charge < -0.3 is 24.3 Å². The van der Waals surface area contributed by atoms with Crippen LogP contribution in [0.1, 0.15) is 40.7 Å². The number of likely N-dealkylation sites (tertiary alicyclic amines) is 1. The van der Waals surface area contributed by atoms with E-state index in [2.05, 4.69) is 4.90 Å². The molecule has 1 aromatic heterocycles. The fourth-order valence-corrected chi connectivity index (χ4v) is 5.92. The highest BCUT2D eigenvalue weighted by molar-refractivity contribution is 5.96. The molecule has 0 radical (unpaired) electrons. The van der Waals surface area contributed by atoms with Crippen molar-refractivity contribution in [2.24, 2.45) is 0 Å². The van der Waals surface area contributed by atoms with E-state index in [0.29, 0.717) is 38.2 Å². The Kier molecular flexibility index (Phi) is 5.21. The molecule has 3 aliphatic heterocycles. The van der Waals surface area contributed by atoms with Gasteiger partial charge in [-0.25, -0.2) is 14.6 Å². The van der Waals surface area contributed by atoms with Crippen molar-refractivity contribution in [2.75, 3.05) is 58.3 Å². The van der Waals surface area contributed by atoms with Crippen molar-refractivity contribution < 1.29 is 19.1 Å². The van der Waals surface area contributed by atoms with Crippen molar-refractivity contribution in [1.29, 1.82) is 0 Å². The number of carbonyl (C=O) groups excluding carboxylic acids is 3. The number of amides is 3. The van der Waals surface area contributed by atoms with E-state index in [1.54, 1.807) is 25.1 Å². The van der Waals surface area contributed by atoms with E-state index in [9.17, 15) is 14.4 Å². The van der Waals surface area contributed by atoms with Crippen LogP contribution in [0.25, 0.3) is 0 Å². The summed E-state index contributed by atoms with van der Waals surface area (Å²) in [5.41, 5.74) is 1.20. The second kappa shape index (κ2) is 8.21. The Morgan fingerprint density at radius 2 is 1.69 bits per heavy atom. The number of nitrogens with zero attached hydrogens (tertiary/aromatic N) is 5. The number of piperazine rings is 1. The maximum atomic E-state index is 13.7. The molecular formula is C27H31N5O4. The van der Waals surface area contributed by atoms with Gasteiger partial charge in [0.05, 0.1) is 17.5 Å². The molecule has 1 saturated carbocycles. The third-order valence-electron chi connectivity index (χ3n) is 8.16. The fraction of sp³-hybridized carbons (Fsp3) is 0.481. The van der Waals surface area contributed by atoms with Gasteiger partial charge in [-0.05, 0) is 30.5 Å². The monoisotopic (exact) mass is 489 g/mol. The minimum atomic E-state index is -0.725. The average Bonchev–Trinajstić information content (AvgIpc) is 3.54. The maximum Gasteiger partial charge on any atom is 0.339 e. The molecule has 2 aromatic rings. The van der Waals surface area contributed by atoms with Crippen molar-refractivity contribution >= 4 is 23.7 Å². The molecule has 36 heavy (non-hydrogen) atoms. The highest BCUT2D eigenvalue weighted by atomic mass is 16.6. The van der Waals surface area contributed by atoms with Crippen LogP contribution in [-0.4, -0.2) is 91.0 Å². The number of anilines is 1. The van der Waals surface area contributed by atoms with E-state index in [1.807, 2.05) is 46.3 Å². The number of aromatic nitrogens is 1. The van der Waals surface area contributed by atoms with Gasteiger partial charge in [0, 0.05) is 65.0 Å². The molecule has 1 spiro atoms. The molecule has 4 heterocycles. The lowest BCUT2D eigenvalue weighted by molar-refractivity contribution is -0.134. The Morgan fingerprint density at radius 1 is 0.944 bits per heavy atom. The largest absolute Gasteiger partial charge is 0.449 e. The van der Waals surface area contributed by atoms with Crippen LogP contribution in [0.3, 0.4) is 0 Å². The van der Waals surface area contributed by atoms with Gasteiger partial charge in [0.25, 0.3) is 0 Å². The minimum absolute atomic E-state index is 0.0340. The summed E-state index contributed by atoms with van der Waals surface area (Å²) in [6.45, 7) is 3.75. The van der Waals surface area contributed by atoms with Gasteiger partial charge in [-0.15, -0.1) is 0 Å². The van der Waals surface area contributed by atoms with Crippen LogP contribution in [0.4, 0.5) is 10.6 Å². The van der Waals surface area contributed by atoms with E-state index in [0.717, 1.165) is 42.9 Å². The molecule has 1 aliphatic carbocycles. The Labute approximate surface area is 210 Å². The van der Waals surface area contributed by atoms with Crippen LogP contribution >= 0.6 is 0 Å². The van der Waals surface area contributed by atoms with Crippen molar-refractivity contribution in [1.82, 2.24) is 19.7 Å². The highest BCUT2D eigenvalue weighted by Crippen LogP contribution is 2.52. The minimum Gasteiger partial charge on any atom is -0.449 e. The normalized spacial score (nSPS) is 24.1. The lowest BCUT2D eigenvalue weighted by atomic mass is 9.91. The van der Waals surface area contributed by atoms with Crippen LogP contribution in [0.2, 0.25) is 0 Å². The number of urea groups is 1. The Morgan fingerprint density at radius 3 is 2.36 bits per heavy atom. The number of fused-ring (bicyclic) bond motifs is 2. The third kappa shape index (κ3) is 3.51. The van der Waals surface area contributed by atoms with E-state index in [-0.39, 0.29) is 17.9 Å². The predicted octanol–water partition coefficient (Wildman–Crippen LogP) is 2.21. The molecule has 1 atom stereocenters. The summed E-state index contributed by atoms with van der Waals surface area (Å²) in [5.74, 6) is 0.673. The smallest absolute Gasteiger partial charge is 0.339 e. The van der Waals surface area contributed by atoms with Gasteiger partial charge in [0.2, 0.25) is 5.91 Å². The Balaban J connectivity index is 1.13. The predicted molar refractivity (Wildman–Crippen MR) is 133 cm³/mol. The summed E-state index contributed by atoms with van der Waals surface area (Å²) in [4.78, 5) is 50.5. The van der Waals surface area contributed by atoms with E-state index < -0.39 is 11.0 Å². The van der Waals surface area contributed by atoms with Crippen molar-refractivity contribution in [2.45, 2.75) is 30.3 Å². The molecule has 0 bridgehead atoms. The highest BCUT2D eigenvalue weighted by Gasteiger charge is 2.57. The maximum absolute atomic E-state index is 13.7. The zero-order valence-electron chi connectivity index (χ0n) is 20.8. The number of esters is 1. The number of ether oxygens (including phenoxy) is 1. The fourth-order valence-electron chi connectivity index (χ4n) is 5.92. The molecule has 3 amide bonds. The van der Waals surface area contributed by atoms with Crippen LogP contribution in [0.5, 0.6) is 0 Å². The summed E-state index contributed by atoms with van der Waals surface area (Å²) in [7, 11) is 3.54. The van der Waals surface area contributed by atoms with Gasteiger partial charge in [-0.2, -0.15) is 0 Å². The average molecular weight is 490 g/mol. The molecule has 3 fully saturated rings. The topological polar surface area (TPSA) is 86.3 Å². The van der Waals surface area contributed by atoms with E-state index in [1.165, 1.54) is 0 Å². The van der Waals surface area contributed by atoms with Crippen molar-refractivity contribution in [3.05, 3.63) is 59.3 Å². The van der Waals surface area contributed by atoms with Gasteiger partial charge in [-0.1, -0.05) is 24.3 Å². The molecule has 0 N–H and O–H groups in total. The molecule has 9 heteroatoms. The summed E-state index contributed by atoms with van der Waals surface area (Å²) in [6, 6.07) is 11.6. The van der Waals surface area contributed by atoms with E-state index in [4.69, 9.17) is 9.72 Å². The van der Waals surface area contributed by atoms with Gasteiger partial charge in [0.1, 0.15) is 5.82 Å². The number of pyridine rings is 1. The van der Waals surface area contributed by atoms with Gasteiger partial charge in [-0.3, -0.25) is 4.79 Å². The van der Waals surface area contributed by atoms with Crippen LogP contribution in [0.15, 0.2) is 42.6 Å². The summed E-state index contributed by atoms with van der Waals surface area (Å²) < 4.78 is 5.84. The molecule has 0 unspecified atom stereocenters. The molecule has 2 saturated heterocycles. The van der Waals surface area contributed by atoms with Crippen molar-refractivity contribution in [3.8, 4) is 0 Å². The van der Waals surface area contributed by atoms with Gasteiger partial charge >= 0.3 is 12.0 Å². The summed E-state index contributed by atoms with van der Waals surface area (Å²) in [6.07, 6.45) is 4.07. The number of benzene rings is 1. The van der Waals surface area contributed by atoms with Crippen LogP contribution in [0, 0.1) is 0 Å². The zero-order chi connectivity index (χ0) is 25.1. The molecule has 6 rings (SSSR count). The van der Waals surface area contributed by atoms with Crippen molar-refractivity contribution in [3.63, 3.8) is 0 Å². The van der Waals surface area contributed by atoms with Crippen LogP contribution < -0.4 is 4.90 Å². The first-order valence-corrected chi connectivity index (χ1v) is 12.6. The molecule has 9 nitrogen and oxygen atoms in total. The Bertz CT molecular complexity index is 1220. The number of carbonyl (C=O) groups is 3. The summed E-state index contributed by atoms with van der Waals surface area (Å²) >= 11 is 0. The first-order chi connectivity index (χ1) is 17.3. The quantitative estimate of drug-likeness (QED) is 0.615. The molecule has 1 aromatic carbocycles. The number of hydrogen-bond acceptors (Lipinski definition) is 6. The molecular weight excluding hydrogens is 458 g/mol. The number of hydrogen-bond donors (Lipinski definition) is 0. The molecule has 4 aliphatic rings. The lowest BCUT2D eigenvalue weighted by Crippen LogP contribution is -2.51. The zero-order valence-corrected chi connectivity index (χ0v) is 20.8. The first-order valence-electron chi connectivity index (χ1n) is 12.6. The second-order valence-corrected chi connectivity index (χ2v) is 10.5.